The van der Waals surface area contributed by atoms with Crippen molar-refractivity contribution in [3.8, 4) is 0 Å². The van der Waals surface area contributed by atoms with Gasteiger partial charge in [0, 0.05) is 12.8 Å². The lowest BCUT2D eigenvalue weighted by atomic mass is 10.2. The van der Waals surface area contributed by atoms with E-state index in [0.29, 0.717) is 0 Å². The van der Waals surface area contributed by atoms with E-state index in [-0.39, 0.29) is 12.2 Å². The molecule has 0 amide bonds. The SMILES string of the molecule is CC(O)C[N+]1(CC(C)O)CCCC1. The normalized spacial score (nSPS) is 25.8. The van der Waals surface area contributed by atoms with Crippen LogP contribution in [0, 0.1) is 0 Å². The number of quaternary nitrogens is 1. The van der Waals surface area contributed by atoms with E-state index in [0.717, 1.165) is 30.7 Å². The van der Waals surface area contributed by atoms with Crippen molar-refractivity contribution in [3.05, 3.63) is 0 Å². The molecule has 1 saturated heterocycles. The van der Waals surface area contributed by atoms with Crippen molar-refractivity contribution in [1.29, 1.82) is 0 Å². The monoisotopic (exact) mass is 188 g/mol. The second kappa shape index (κ2) is 4.40. The molecule has 1 heterocycles. The molecule has 2 unspecified atom stereocenters. The zero-order chi connectivity index (χ0) is 9.90. The molecule has 0 saturated carbocycles. The van der Waals surface area contributed by atoms with Crippen LogP contribution in [0.1, 0.15) is 26.7 Å². The van der Waals surface area contributed by atoms with E-state index in [1.807, 2.05) is 13.8 Å². The van der Waals surface area contributed by atoms with Crippen molar-refractivity contribution in [3.63, 3.8) is 0 Å². The highest BCUT2D eigenvalue weighted by molar-refractivity contribution is 4.60. The highest BCUT2D eigenvalue weighted by Crippen LogP contribution is 2.20. The largest absolute Gasteiger partial charge is 0.388 e. The van der Waals surface area contributed by atoms with Gasteiger partial charge < -0.3 is 14.7 Å². The summed E-state index contributed by atoms with van der Waals surface area (Å²) >= 11 is 0. The molecule has 2 atom stereocenters. The molecule has 3 nitrogen and oxygen atoms in total. The van der Waals surface area contributed by atoms with Crippen molar-refractivity contribution in [2.24, 2.45) is 0 Å². The first-order valence-electron chi connectivity index (χ1n) is 5.25. The molecule has 0 aromatic heterocycles. The summed E-state index contributed by atoms with van der Waals surface area (Å²) in [7, 11) is 0. The van der Waals surface area contributed by atoms with Gasteiger partial charge in [0.15, 0.2) is 0 Å². The van der Waals surface area contributed by atoms with Crippen molar-refractivity contribution < 1.29 is 14.7 Å². The maximum absolute atomic E-state index is 9.39. The summed E-state index contributed by atoms with van der Waals surface area (Å²) in [5, 5.41) is 18.8. The second-order valence-electron chi connectivity index (χ2n) is 4.56. The minimum atomic E-state index is -0.253. The Kier molecular flexibility index (Phi) is 3.71. The van der Waals surface area contributed by atoms with Crippen LogP contribution in [0.5, 0.6) is 0 Å². The first-order chi connectivity index (χ1) is 6.04. The Balaban J connectivity index is 2.52. The summed E-state index contributed by atoms with van der Waals surface area (Å²) in [5.41, 5.74) is 0. The number of aliphatic hydroxyl groups excluding tert-OH is 2. The van der Waals surface area contributed by atoms with E-state index >= 15 is 0 Å². The molecule has 1 aliphatic heterocycles. The second-order valence-corrected chi connectivity index (χ2v) is 4.56. The third-order valence-corrected chi connectivity index (χ3v) is 2.82. The Hall–Kier alpha value is -0.120. The van der Waals surface area contributed by atoms with E-state index in [4.69, 9.17) is 0 Å². The quantitative estimate of drug-likeness (QED) is 0.625. The van der Waals surface area contributed by atoms with Crippen molar-refractivity contribution in [2.75, 3.05) is 26.2 Å². The molecule has 3 heteroatoms. The standard InChI is InChI=1S/C10H22NO2/c1-9(12)7-11(8-10(2)13)5-3-4-6-11/h9-10,12-13H,3-8H2,1-2H3/q+1. The molecule has 0 spiro atoms. The van der Waals surface area contributed by atoms with Crippen LogP contribution < -0.4 is 0 Å². The summed E-state index contributed by atoms with van der Waals surface area (Å²) in [6.07, 6.45) is 1.97. The lowest BCUT2D eigenvalue weighted by molar-refractivity contribution is -0.922. The summed E-state index contributed by atoms with van der Waals surface area (Å²) in [6.45, 7) is 7.50. The summed E-state index contributed by atoms with van der Waals surface area (Å²) in [6, 6.07) is 0. The minimum absolute atomic E-state index is 0.253. The van der Waals surface area contributed by atoms with Gasteiger partial charge >= 0.3 is 0 Å². The highest BCUT2D eigenvalue weighted by Gasteiger charge is 2.34. The topological polar surface area (TPSA) is 40.5 Å². The van der Waals surface area contributed by atoms with Gasteiger partial charge in [0.1, 0.15) is 25.3 Å². The zero-order valence-electron chi connectivity index (χ0n) is 8.74. The van der Waals surface area contributed by atoms with E-state index in [1.165, 1.54) is 12.8 Å². The molecule has 78 valence electrons. The third-order valence-electron chi connectivity index (χ3n) is 2.82. The maximum Gasteiger partial charge on any atom is 0.105 e. The molecule has 0 aliphatic carbocycles. The molecule has 0 bridgehead atoms. The highest BCUT2D eigenvalue weighted by atomic mass is 16.3. The Bertz CT molecular complexity index is 139. The molecular formula is C10H22NO2+. The smallest absolute Gasteiger partial charge is 0.105 e. The molecule has 1 fully saturated rings. The first-order valence-corrected chi connectivity index (χ1v) is 5.25. The average Bonchev–Trinajstić information content (AvgIpc) is 2.33. The van der Waals surface area contributed by atoms with Gasteiger partial charge in [-0.1, -0.05) is 0 Å². The van der Waals surface area contributed by atoms with Gasteiger partial charge in [-0.05, 0) is 13.8 Å². The van der Waals surface area contributed by atoms with Crippen LogP contribution in [0.4, 0.5) is 0 Å². The van der Waals surface area contributed by atoms with E-state index < -0.39 is 0 Å². The van der Waals surface area contributed by atoms with Crippen molar-refractivity contribution in [2.45, 2.75) is 38.9 Å². The van der Waals surface area contributed by atoms with Gasteiger partial charge in [0.25, 0.3) is 0 Å². The van der Waals surface area contributed by atoms with Crippen molar-refractivity contribution in [1.82, 2.24) is 0 Å². The number of rotatable bonds is 4. The van der Waals surface area contributed by atoms with Gasteiger partial charge in [-0.15, -0.1) is 0 Å². The van der Waals surface area contributed by atoms with Crippen LogP contribution in [0.15, 0.2) is 0 Å². The van der Waals surface area contributed by atoms with E-state index in [1.54, 1.807) is 0 Å². The summed E-state index contributed by atoms with van der Waals surface area (Å²) in [4.78, 5) is 0. The minimum Gasteiger partial charge on any atom is -0.388 e. The van der Waals surface area contributed by atoms with Gasteiger partial charge in [-0.3, -0.25) is 0 Å². The van der Waals surface area contributed by atoms with E-state index in [2.05, 4.69) is 0 Å². The number of nitrogens with zero attached hydrogens (tertiary/aromatic N) is 1. The predicted octanol–water partition coefficient (Wildman–Crippen LogP) is 0.359. The Morgan fingerprint density at radius 3 is 1.69 bits per heavy atom. The molecule has 13 heavy (non-hydrogen) atoms. The number of hydrogen-bond acceptors (Lipinski definition) is 2. The molecule has 0 aromatic rings. The fourth-order valence-corrected chi connectivity index (χ4v) is 2.57. The number of hydrogen-bond donors (Lipinski definition) is 2. The number of likely N-dealkylation sites (tertiary alicyclic amines) is 1. The van der Waals surface area contributed by atoms with Crippen LogP contribution >= 0.6 is 0 Å². The molecule has 2 N–H and O–H groups in total. The van der Waals surface area contributed by atoms with Crippen LogP contribution in [0.25, 0.3) is 0 Å². The average molecular weight is 188 g/mol. The molecule has 1 aliphatic rings. The molecule has 0 aromatic carbocycles. The predicted molar refractivity (Wildman–Crippen MR) is 52.3 cm³/mol. The molecule has 1 rings (SSSR count). The zero-order valence-corrected chi connectivity index (χ0v) is 8.74. The van der Waals surface area contributed by atoms with Gasteiger partial charge in [0.05, 0.1) is 13.1 Å². The Morgan fingerprint density at radius 2 is 1.38 bits per heavy atom. The third kappa shape index (κ3) is 3.25. The van der Waals surface area contributed by atoms with E-state index in [9.17, 15) is 10.2 Å². The lowest BCUT2D eigenvalue weighted by Gasteiger charge is -2.36. The van der Waals surface area contributed by atoms with Crippen LogP contribution in [0.3, 0.4) is 0 Å². The lowest BCUT2D eigenvalue weighted by Crippen LogP contribution is -2.52. The van der Waals surface area contributed by atoms with Gasteiger partial charge in [-0.25, -0.2) is 0 Å². The van der Waals surface area contributed by atoms with Gasteiger partial charge in [0.2, 0.25) is 0 Å². The Morgan fingerprint density at radius 1 is 1.00 bits per heavy atom. The maximum atomic E-state index is 9.39. The first kappa shape index (κ1) is 11.0. The summed E-state index contributed by atoms with van der Waals surface area (Å²) < 4.78 is 0.912. The van der Waals surface area contributed by atoms with Crippen LogP contribution in [0.2, 0.25) is 0 Å². The van der Waals surface area contributed by atoms with Crippen LogP contribution in [-0.4, -0.2) is 53.1 Å². The fourth-order valence-electron chi connectivity index (χ4n) is 2.57. The van der Waals surface area contributed by atoms with Crippen molar-refractivity contribution >= 4 is 0 Å². The van der Waals surface area contributed by atoms with Crippen LogP contribution in [-0.2, 0) is 0 Å². The van der Waals surface area contributed by atoms with Gasteiger partial charge in [-0.2, -0.15) is 0 Å². The molecular weight excluding hydrogens is 166 g/mol. The Labute approximate surface area is 80.6 Å². The summed E-state index contributed by atoms with van der Waals surface area (Å²) in [5.74, 6) is 0. The molecule has 0 radical (unpaired) electrons. The fraction of sp³-hybridized carbons (Fsp3) is 1.00. The number of aliphatic hydroxyl groups is 2.